The number of nitrogens with zero attached hydrogens (tertiary/aromatic N) is 2. The molecule has 0 aromatic heterocycles. The average molecular weight is 217 g/mol. The van der Waals surface area contributed by atoms with Gasteiger partial charge >= 0.3 is 5.97 Å². The Morgan fingerprint density at radius 1 is 1.69 bits per heavy atom. The summed E-state index contributed by atoms with van der Waals surface area (Å²) in [6, 6.07) is 2.12. The minimum Gasteiger partial charge on any atom is -0.410 e. The number of esters is 1. The van der Waals surface area contributed by atoms with Gasteiger partial charge in [-0.2, -0.15) is 5.26 Å². The lowest BCUT2D eigenvalue weighted by atomic mass is 9.82. The summed E-state index contributed by atoms with van der Waals surface area (Å²) >= 11 is 0. The highest BCUT2D eigenvalue weighted by Gasteiger charge is 2.66. The SMILES string of the molecule is CC1=C(C#N)C2C(=N)OC(=O)C23CCCN13. The van der Waals surface area contributed by atoms with Crippen molar-refractivity contribution in [1.29, 1.82) is 10.7 Å². The summed E-state index contributed by atoms with van der Waals surface area (Å²) in [7, 11) is 0. The fourth-order valence-electron chi connectivity index (χ4n) is 3.27. The van der Waals surface area contributed by atoms with Crippen molar-refractivity contribution >= 4 is 11.9 Å². The Kier molecular flexibility index (Phi) is 1.55. The first-order chi connectivity index (χ1) is 7.63. The second kappa shape index (κ2) is 2.64. The van der Waals surface area contributed by atoms with Crippen molar-refractivity contribution in [3.8, 4) is 6.07 Å². The monoisotopic (exact) mass is 217 g/mol. The highest BCUT2D eigenvalue weighted by Crippen LogP contribution is 2.52. The second-order valence-electron chi connectivity index (χ2n) is 4.48. The highest BCUT2D eigenvalue weighted by atomic mass is 16.6. The number of cyclic esters (lactones) is 1. The molecule has 2 atom stereocenters. The van der Waals surface area contributed by atoms with Crippen molar-refractivity contribution in [3.63, 3.8) is 0 Å². The molecule has 0 radical (unpaired) electrons. The van der Waals surface area contributed by atoms with Crippen LogP contribution in [0, 0.1) is 22.7 Å². The maximum Gasteiger partial charge on any atom is 0.339 e. The number of nitrogens with one attached hydrogen (secondary N) is 1. The van der Waals surface area contributed by atoms with Gasteiger partial charge in [-0.3, -0.25) is 5.41 Å². The van der Waals surface area contributed by atoms with Gasteiger partial charge in [0.25, 0.3) is 0 Å². The standard InChI is InChI=1S/C11H11N3O2/c1-6-7(5-12)8-9(13)16-10(15)11(8)3-2-4-14(6)11/h8,13H,2-4H2,1H3. The smallest absolute Gasteiger partial charge is 0.339 e. The van der Waals surface area contributed by atoms with Gasteiger partial charge in [0.15, 0.2) is 5.54 Å². The van der Waals surface area contributed by atoms with E-state index in [-0.39, 0.29) is 11.9 Å². The fourth-order valence-corrected chi connectivity index (χ4v) is 3.27. The third-order valence-corrected chi connectivity index (χ3v) is 3.92. The van der Waals surface area contributed by atoms with E-state index in [1.165, 1.54) is 0 Å². The molecule has 3 aliphatic rings. The number of ether oxygens (including phenoxy) is 1. The van der Waals surface area contributed by atoms with E-state index in [2.05, 4.69) is 6.07 Å². The first-order valence-electron chi connectivity index (χ1n) is 5.32. The van der Waals surface area contributed by atoms with E-state index in [9.17, 15) is 4.79 Å². The van der Waals surface area contributed by atoms with Crippen LogP contribution in [0.4, 0.5) is 0 Å². The third kappa shape index (κ3) is 0.744. The van der Waals surface area contributed by atoms with Crippen molar-refractivity contribution in [2.45, 2.75) is 25.3 Å². The first-order valence-corrected chi connectivity index (χ1v) is 5.32. The van der Waals surface area contributed by atoms with Crippen LogP contribution in [-0.2, 0) is 9.53 Å². The average Bonchev–Trinajstić information content (AvgIpc) is 2.83. The minimum absolute atomic E-state index is 0.0645. The van der Waals surface area contributed by atoms with E-state index in [0.717, 1.165) is 18.7 Å². The Hall–Kier alpha value is -1.83. The molecule has 3 rings (SSSR count). The van der Waals surface area contributed by atoms with Crippen LogP contribution in [0.5, 0.6) is 0 Å². The zero-order valence-electron chi connectivity index (χ0n) is 8.91. The van der Waals surface area contributed by atoms with Crippen LogP contribution >= 0.6 is 0 Å². The number of carbonyl (C=O) groups is 1. The first kappa shape index (κ1) is 9.40. The normalized spacial score (nSPS) is 36.2. The van der Waals surface area contributed by atoms with Gasteiger partial charge in [-0.1, -0.05) is 0 Å². The van der Waals surface area contributed by atoms with Crippen LogP contribution in [0.1, 0.15) is 19.8 Å². The molecule has 16 heavy (non-hydrogen) atoms. The van der Waals surface area contributed by atoms with Gasteiger partial charge in [0.05, 0.1) is 11.6 Å². The Morgan fingerprint density at radius 2 is 2.44 bits per heavy atom. The van der Waals surface area contributed by atoms with E-state index in [1.54, 1.807) is 0 Å². The maximum atomic E-state index is 11.9. The molecule has 0 aromatic carbocycles. The summed E-state index contributed by atoms with van der Waals surface area (Å²) in [4.78, 5) is 13.9. The number of carbonyl (C=O) groups excluding carboxylic acids is 1. The molecule has 5 nitrogen and oxygen atoms in total. The molecule has 0 amide bonds. The molecule has 3 aliphatic heterocycles. The van der Waals surface area contributed by atoms with Gasteiger partial charge in [-0.25, -0.2) is 4.79 Å². The molecule has 1 N–H and O–H groups in total. The summed E-state index contributed by atoms with van der Waals surface area (Å²) in [5.74, 6) is -0.887. The van der Waals surface area contributed by atoms with Crippen LogP contribution in [0.25, 0.3) is 0 Å². The summed E-state index contributed by atoms with van der Waals surface area (Å²) in [5, 5.41) is 16.9. The largest absolute Gasteiger partial charge is 0.410 e. The van der Waals surface area contributed by atoms with Crippen LogP contribution in [0.3, 0.4) is 0 Å². The van der Waals surface area contributed by atoms with Crippen LogP contribution in [0.15, 0.2) is 11.3 Å². The molecule has 0 aliphatic carbocycles. The Balaban J connectivity index is 2.23. The predicted octanol–water partition coefficient (Wildman–Crippen LogP) is 0.782. The van der Waals surface area contributed by atoms with Crippen LogP contribution in [-0.4, -0.2) is 28.9 Å². The van der Waals surface area contributed by atoms with Gasteiger partial charge in [-0.05, 0) is 19.8 Å². The molecule has 1 spiro atoms. The van der Waals surface area contributed by atoms with Crippen molar-refractivity contribution in [2.75, 3.05) is 6.54 Å². The van der Waals surface area contributed by atoms with Gasteiger partial charge in [0.1, 0.15) is 5.92 Å². The number of rotatable bonds is 0. The molecular formula is C11H11N3O2. The van der Waals surface area contributed by atoms with E-state index < -0.39 is 11.5 Å². The summed E-state index contributed by atoms with van der Waals surface area (Å²) in [6.45, 7) is 2.63. The van der Waals surface area contributed by atoms with E-state index in [4.69, 9.17) is 15.4 Å². The van der Waals surface area contributed by atoms with Gasteiger partial charge in [0.2, 0.25) is 5.90 Å². The van der Waals surface area contributed by atoms with E-state index in [0.29, 0.717) is 12.0 Å². The lowest BCUT2D eigenvalue weighted by Gasteiger charge is -2.29. The number of allylic oxidation sites excluding steroid dienone is 1. The highest BCUT2D eigenvalue weighted by molar-refractivity contribution is 6.06. The number of nitriles is 1. The van der Waals surface area contributed by atoms with Crippen molar-refractivity contribution in [2.24, 2.45) is 5.92 Å². The lowest BCUT2D eigenvalue weighted by Crippen LogP contribution is -2.47. The van der Waals surface area contributed by atoms with Gasteiger partial charge in [-0.15, -0.1) is 0 Å². The quantitative estimate of drug-likeness (QED) is 0.608. The van der Waals surface area contributed by atoms with Gasteiger partial charge in [0, 0.05) is 12.2 Å². The van der Waals surface area contributed by atoms with E-state index >= 15 is 0 Å². The zero-order chi connectivity index (χ0) is 11.5. The van der Waals surface area contributed by atoms with Gasteiger partial charge < -0.3 is 9.64 Å². The molecule has 3 heterocycles. The second-order valence-corrected chi connectivity index (χ2v) is 4.48. The molecule has 2 saturated heterocycles. The topological polar surface area (TPSA) is 77.2 Å². The summed E-state index contributed by atoms with van der Waals surface area (Å²) < 4.78 is 4.93. The van der Waals surface area contributed by atoms with Crippen molar-refractivity contribution in [1.82, 2.24) is 4.90 Å². The number of hydrogen-bond donors (Lipinski definition) is 1. The summed E-state index contributed by atoms with van der Waals surface area (Å²) in [6.07, 6.45) is 1.59. The predicted molar refractivity (Wildman–Crippen MR) is 54.3 cm³/mol. The molecule has 0 saturated carbocycles. The molecule has 2 unspecified atom stereocenters. The van der Waals surface area contributed by atoms with Crippen LogP contribution < -0.4 is 0 Å². The molecule has 82 valence electrons. The van der Waals surface area contributed by atoms with E-state index in [1.807, 2.05) is 11.8 Å². The molecule has 0 bridgehead atoms. The maximum absolute atomic E-state index is 11.9. The molecule has 0 aromatic rings. The molecule has 2 fully saturated rings. The number of hydrogen-bond acceptors (Lipinski definition) is 5. The molecule has 5 heteroatoms. The zero-order valence-corrected chi connectivity index (χ0v) is 8.91. The Bertz CT molecular complexity index is 488. The third-order valence-electron chi connectivity index (χ3n) is 3.92. The lowest BCUT2D eigenvalue weighted by molar-refractivity contribution is -0.142. The van der Waals surface area contributed by atoms with Crippen LogP contribution in [0.2, 0.25) is 0 Å². The minimum atomic E-state index is -0.758. The fraction of sp³-hybridized carbons (Fsp3) is 0.545. The summed E-state index contributed by atoms with van der Waals surface area (Å²) in [5.41, 5.74) is 0.605. The van der Waals surface area contributed by atoms with Crippen molar-refractivity contribution < 1.29 is 9.53 Å². The Labute approximate surface area is 92.8 Å². The van der Waals surface area contributed by atoms with Crippen molar-refractivity contribution in [3.05, 3.63) is 11.3 Å². The molecular weight excluding hydrogens is 206 g/mol. The Morgan fingerprint density at radius 3 is 3.12 bits per heavy atom.